The molecule has 3 aromatic rings. The highest BCUT2D eigenvalue weighted by Gasteiger charge is 2.27. The van der Waals surface area contributed by atoms with E-state index in [9.17, 15) is 4.79 Å². The summed E-state index contributed by atoms with van der Waals surface area (Å²) in [7, 11) is 3.25. The molecule has 1 amide bonds. The molecule has 0 aliphatic carbocycles. The molecule has 7 nitrogen and oxygen atoms in total. The molecule has 0 radical (unpaired) electrons. The van der Waals surface area contributed by atoms with Crippen molar-refractivity contribution in [2.24, 2.45) is 0 Å². The van der Waals surface area contributed by atoms with E-state index in [1.54, 1.807) is 20.4 Å². The summed E-state index contributed by atoms with van der Waals surface area (Å²) in [6.45, 7) is 6.60. The van der Waals surface area contributed by atoms with Crippen LogP contribution in [0.2, 0.25) is 0 Å². The molecule has 0 bridgehead atoms. The summed E-state index contributed by atoms with van der Waals surface area (Å²) >= 11 is 0. The number of methoxy groups -OCH3 is 2. The van der Waals surface area contributed by atoms with Crippen molar-refractivity contribution in [1.29, 1.82) is 0 Å². The number of ether oxygens (including phenoxy) is 2. The molecule has 180 valence electrons. The summed E-state index contributed by atoms with van der Waals surface area (Å²) in [5.74, 6) is 1.59. The summed E-state index contributed by atoms with van der Waals surface area (Å²) in [5.41, 5.74) is 6.14. The van der Waals surface area contributed by atoms with Crippen LogP contribution in [0.5, 0.6) is 11.5 Å². The van der Waals surface area contributed by atoms with Gasteiger partial charge in [0.2, 0.25) is 0 Å². The van der Waals surface area contributed by atoms with E-state index in [0.29, 0.717) is 30.0 Å². The van der Waals surface area contributed by atoms with Crippen LogP contribution in [0.4, 0.5) is 0 Å². The molecule has 0 spiro atoms. The number of rotatable bonds is 8. The minimum absolute atomic E-state index is 0.0787. The van der Waals surface area contributed by atoms with Crippen LogP contribution in [0.25, 0.3) is 5.69 Å². The van der Waals surface area contributed by atoms with Crippen molar-refractivity contribution in [2.45, 2.75) is 39.0 Å². The second-order valence-electron chi connectivity index (χ2n) is 8.86. The quantitative estimate of drug-likeness (QED) is 0.530. The lowest BCUT2D eigenvalue weighted by Gasteiger charge is -2.25. The molecule has 1 aliphatic rings. The molecular weight excluding hydrogens is 428 g/mol. The average Bonchev–Trinajstić information content (AvgIpc) is 3.29. The zero-order valence-corrected chi connectivity index (χ0v) is 20.5. The molecule has 1 fully saturated rings. The molecule has 1 saturated heterocycles. The smallest absolute Gasteiger partial charge is 0.254 e. The summed E-state index contributed by atoms with van der Waals surface area (Å²) in [4.78, 5) is 13.3. The Morgan fingerprint density at radius 1 is 1.09 bits per heavy atom. The lowest BCUT2D eigenvalue weighted by molar-refractivity contribution is 0.0952. The number of hydrogen-bond donors (Lipinski definition) is 2. The Morgan fingerprint density at radius 2 is 1.85 bits per heavy atom. The lowest BCUT2D eigenvalue weighted by atomic mass is 9.91. The Balaban J connectivity index is 1.54. The number of aryl methyl sites for hydroxylation is 2. The van der Waals surface area contributed by atoms with Crippen LogP contribution in [0.3, 0.4) is 0 Å². The second kappa shape index (κ2) is 10.7. The first kappa shape index (κ1) is 23.8. The maximum Gasteiger partial charge on any atom is 0.254 e. The molecule has 2 heterocycles. The number of nitrogens with zero attached hydrogens (tertiary/aromatic N) is 2. The Morgan fingerprint density at radius 3 is 2.56 bits per heavy atom. The Bertz CT molecular complexity index is 1150. The van der Waals surface area contributed by atoms with E-state index < -0.39 is 0 Å². The first-order valence-corrected chi connectivity index (χ1v) is 11.9. The maximum absolute atomic E-state index is 13.3. The van der Waals surface area contributed by atoms with E-state index in [-0.39, 0.29) is 11.8 Å². The first-order valence-electron chi connectivity index (χ1n) is 11.9. The molecule has 4 rings (SSSR count). The van der Waals surface area contributed by atoms with Gasteiger partial charge >= 0.3 is 0 Å². The Kier molecular flexibility index (Phi) is 7.53. The highest BCUT2D eigenvalue weighted by molar-refractivity contribution is 5.95. The zero-order chi connectivity index (χ0) is 24.1. The van der Waals surface area contributed by atoms with Gasteiger partial charge in [-0.05, 0) is 75.5 Å². The number of aromatic nitrogens is 2. The largest absolute Gasteiger partial charge is 0.493 e. The molecule has 1 aromatic heterocycles. The fraction of sp³-hybridized carbons (Fsp3) is 0.407. The lowest BCUT2D eigenvalue weighted by Crippen LogP contribution is -2.31. The van der Waals surface area contributed by atoms with Crippen LogP contribution in [-0.2, 0) is 6.42 Å². The van der Waals surface area contributed by atoms with Crippen LogP contribution in [0.1, 0.15) is 51.5 Å². The minimum Gasteiger partial charge on any atom is -0.493 e. The van der Waals surface area contributed by atoms with Crippen molar-refractivity contribution in [3.63, 3.8) is 0 Å². The standard InChI is InChI=1S/C27H34N4O3/c1-18-5-7-23(19(2)15-18)31-26(21-10-12-28-13-11-21)22(17-30-31)27(32)29-14-9-20-6-8-24(33-3)25(16-20)34-4/h5-8,15-17,21,28H,9-14H2,1-4H3,(H,29,32). The van der Waals surface area contributed by atoms with Crippen LogP contribution in [0, 0.1) is 13.8 Å². The Labute approximate surface area is 201 Å². The van der Waals surface area contributed by atoms with Crippen LogP contribution >= 0.6 is 0 Å². The SMILES string of the molecule is COc1ccc(CCNC(=O)c2cnn(-c3ccc(C)cc3C)c2C2CCNCC2)cc1OC. The number of carbonyl (C=O) groups is 1. The summed E-state index contributed by atoms with van der Waals surface area (Å²) in [6.07, 6.45) is 4.40. The van der Waals surface area contributed by atoms with Gasteiger partial charge < -0.3 is 20.1 Å². The fourth-order valence-corrected chi connectivity index (χ4v) is 4.71. The van der Waals surface area contributed by atoms with Crippen molar-refractivity contribution in [1.82, 2.24) is 20.4 Å². The monoisotopic (exact) mass is 462 g/mol. The van der Waals surface area contributed by atoms with Gasteiger partial charge in [0.25, 0.3) is 5.91 Å². The summed E-state index contributed by atoms with van der Waals surface area (Å²) < 4.78 is 12.7. The molecule has 34 heavy (non-hydrogen) atoms. The number of benzene rings is 2. The van der Waals surface area contributed by atoms with Gasteiger partial charge in [-0.2, -0.15) is 5.10 Å². The van der Waals surface area contributed by atoms with E-state index in [2.05, 4.69) is 47.8 Å². The molecule has 2 aromatic carbocycles. The van der Waals surface area contributed by atoms with Gasteiger partial charge in [0.1, 0.15) is 0 Å². The third kappa shape index (κ3) is 5.09. The van der Waals surface area contributed by atoms with Crippen molar-refractivity contribution >= 4 is 5.91 Å². The van der Waals surface area contributed by atoms with Gasteiger partial charge in [0.15, 0.2) is 11.5 Å². The predicted molar refractivity (Wildman–Crippen MR) is 133 cm³/mol. The van der Waals surface area contributed by atoms with Crippen LogP contribution < -0.4 is 20.1 Å². The highest BCUT2D eigenvalue weighted by Crippen LogP contribution is 2.31. The van der Waals surface area contributed by atoms with Gasteiger partial charge in [-0.15, -0.1) is 0 Å². The highest BCUT2D eigenvalue weighted by atomic mass is 16.5. The summed E-state index contributed by atoms with van der Waals surface area (Å²) in [5, 5.41) is 11.2. The number of piperidine rings is 1. The van der Waals surface area contributed by atoms with Crippen molar-refractivity contribution in [2.75, 3.05) is 33.9 Å². The maximum atomic E-state index is 13.3. The van der Waals surface area contributed by atoms with Crippen LogP contribution in [0.15, 0.2) is 42.6 Å². The van der Waals surface area contributed by atoms with Crippen molar-refractivity contribution < 1.29 is 14.3 Å². The van der Waals surface area contributed by atoms with E-state index >= 15 is 0 Å². The predicted octanol–water partition coefficient (Wildman–Crippen LogP) is 3.95. The molecule has 0 unspecified atom stereocenters. The van der Waals surface area contributed by atoms with Gasteiger partial charge in [0, 0.05) is 12.5 Å². The normalized spacial score (nSPS) is 14.1. The van der Waals surface area contributed by atoms with Gasteiger partial charge in [-0.3, -0.25) is 4.79 Å². The Hall–Kier alpha value is -3.32. The molecule has 0 atom stereocenters. The van der Waals surface area contributed by atoms with Crippen molar-refractivity contribution in [3.8, 4) is 17.2 Å². The zero-order valence-electron chi connectivity index (χ0n) is 20.5. The number of nitrogens with one attached hydrogen (secondary N) is 2. The molecule has 1 aliphatic heterocycles. The second-order valence-corrected chi connectivity index (χ2v) is 8.86. The summed E-state index contributed by atoms with van der Waals surface area (Å²) in [6, 6.07) is 12.2. The van der Waals surface area contributed by atoms with E-state index in [0.717, 1.165) is 48.4 Å². The number of carbonyl (C=O) groups excluding carboxylic acids is 1. The minimum atomic E-state index is -0.0787. The topological polar surface area (TPSA) is 77.4 Å². The van der Waals surface area contributed by atoms with E-state index in [1.165, 1.54) is 5.56 Å². The number of amides is 1. The number of hydrogen-bond acceptors (Lipinski definition) is 5. The molecule has 2 N–H and O–H groups in total. The average molecular weight is 463 g/mol. The third-order valence-electron chi connectivity index (χ3n) is 6.50. The third-order valence-corrected chi connectivity index (χ3v) is 6.50. The van der Waals surface area contributed by atoms with Crippen LogP contribution in [-0.4, -0.2) is 49.5 Å². The van der Waals surface area contributed by atoms with Crippen molar-refractivity contribution in [3.05, 3.63) is 70.5 Å². The van der Waals surface area contributed by atoms with Gasteiger partial charge in [-0.25, -0.2) is 4.68 Å². The van der Waals surface area contributed by atoms with E-state index in [4.69, 9.17) is 9.47 Å². The van der Waals surface area contributed by atoms with E-state index in [1.807, 2.05) is 22.9 Å². The van der Waals surface area contributed by atoms with Gasteiger partial charge in [0.05, 0.1) is 37.4 Å². The molecule has 0 saturated carbocycles. The molecule has 7 heteroatoms. The molecular formula is C27H34N4O3. The van der Waals surface area contributed by atoms with Gasteiger partial charge in [-0.1, -0.05) is 23.8 Å². The fourth-order valence-electron chi connectivity index (χ4n) is 4.71. The first-order chi connectivity index (χ1) is 16.5.